The van der Waals surface area contributed by atoms with Gasteiger partial charge in [0.05, 0.1) is 0 Å². The highest BCUT2D eigenvalue weighted by molar-refractivity contribution is 5.85. The Kier molecular flexibility index (Phi) is 19.9. The molecule has 0 saturated heterocycles. The largest absolute Gasteiger partial charge is 0.370 e. The number of carbonyl (C=O) groups is 1. The van der Waals surface area contributed by atoms with Crippen LogP contribution in [0.5, 0.6) is 0 Å². The molecule has 0 aliphatic carbocycles. The van der Waals surface area contributed by atoms with Gasteiger partial charge in [0.25, 0.3) is 0 Å². The summed E-state index contributed by atoms with van der Waals surface area (Å²) in [4.78, 5) is 10.2. The van der Waals surface area contributed by atoms with Crippen molar-refractivity contribution in [2.45, 2.75) is 39.0 Å². The van der Waals surface area contributed by atoms with Crippen LogP contribution >= 0.6 is 24.8 Å². The third-order valence-corrected chi connectivity index (χ3v) is 1.28. The lowest BCUT2D eigenvalue weighted by atomic mass is 10.1. The van der Waals surface area contributed by atoms with E-state index >= 15 is 0 Å². The van der Waals surface area contributed by atoms with Gasteiger partial charge in [-0.25, -0.2) is 0 Å². The molecule has 0 fully saturated rings. The van der Waals surface area contributed by atoms with Gasteiger partial charge in [0.1, 0.15) is 0 Å². The number of hydrogen-bond acceptors (Lipinski definition) is 1. The van der Waals surface area contributed by atoms with Crippen LogP contribution in [-0.4, -0.2) is 5.91 Å². The number of primary amides is 1. The van der Waals surface area contributed by atoms with Crippen molar-refractivity contribution in [1.82, 2.24) is 0 Å². The zero-order valence-corrected chi connectivity index (χ0v) is 8.47. The smallest absolute Gasteiger partial charge is 0.217 e. The first-order valence-electron chi connectivity index (χ1n) is 3.55. The van der Waals surface area contributed by atoms with Gasteiger partial charge < -0.3 is 5.73 Å². The van der Waals surface area contributed by atoms with Crippen LogP contribution in [0.3, 0.4) is 0 Å². The summed E-state index contributed by atoms with van der Waals surface area (Å²) in [6.07, 6.45) is 5.08. The fraction of sp³-hybridized carbons (Fsp3) is 0.857. The lowest BCUT2D eigenvalue weighted by Crippen LogP contribution is -2.09. The van der Waals surface area contributed by atoms with Gasteiger partial charge in [-0.05, 0) is 6.42 Å². The molecule has 0 rings (SSSR count). The average Bonchev–Trinajstić information content (AvgIpc) is 1.80. The molecular formula is C7H17Cl2NO. The lowest BCUT2D eigenvalue weighted by Gasteiger charge is -1.93. The van der Waals surface area contributed by atoms with E-state index in [1.54, 1.807) is 0 Å². The molecule has 2 nitrogen and oxygen atoms in total. The van der Waals surface area contributed by atoms with E-state index < -0.39 is 0 Å². The van der Waals surface area contributed by atoms with E-state index in [-0.39, 0.29) is 30.7 Å². The summed E-state index contributed by atoms with van der Waals surface area (Å²) in [7, 11) is 0. The second-order valence-corrected chi connectivity index (χ2v) is 2.28. The maximum absolute atomic E-state index is 10.2. The topological polar surface area (TPSA) is 43.1 Å². The zero-order valence-electron chi connectivity index (χ0n) is 6.84. The van der Waals surface area contributed by atoms with Gasteiger partial charge >= 0.3 is 0 Å². The molecule has 0 aromatic rings. The summed E-state index contributed by atoms with van der Waals surface area (Å²) >= 11 is 0. The van der Waals surface area contributed by atoms with Crippen molar-refractivity contribution in [1.29, 1.82) is 0 Å². The maximum atomic E-state index is 10.2. The molecule has 2 N–H and O–H groups in total. The van der Waals surface area contributed by atoms with Crippen molar-refractivity contribution in [2.24, 2.45) is 5.73 Å². The van der Waals surface area contributed by atoms with Gasteiger partial charge in [-0.3, -0.25) is 4.79 Å². The summed E-state index contributed by atoms with van der Waals surface area (Å²) in [6.45, 7) is 2.14. The van der Waals surface area contributed by atoms with Crippen LogP contribution in [0.15, 0.2) is 0 Å². The number of halogens is 2. The van der Waals surface area contributed by atoms with Gasteiger partial charge in [0.2, 0.25) is 5.91 Å². The molecular weight excluding hydrogens is 185 g/mol. The molecule has 0 unspecified atom stereocenters. The molecule has 0 saturated carbocycles. The fourth-order valence-corrected chi connectivity index (χ4v) is 0.726. The number of amides is 1. The van der Waals surface area contributed by atoms with Gasteiger partial charge in [0, 0.05) is 6.42 Å². The average molecular weight is 202 g/mol. The van der Waals surface area contributed by atoms with Crippen LogP contribution in [0.25, 0.3) is 0 Å². The standard InChI is InChI=1S/C7H15NO.2ClH/c1-2-3-4-5-6-7(8)9;;/h2-6H2,1H3,(H2,8,9);2*1H. The first kappa shape index (κ1) is 17.2. The third kappa shape index (κ3) is 17.8. The van der Waals surface area contributed by atoms with Crippen LogP contribution < -0.4 is 5.73 Å². The number of rotatable bonds is 5. The molecule has 4 heteroatoms. The number of carbonyl (C=O) groups excluding carboxylic acids is 1. The number of nitrogens with two attached hydrogens (primary N) is 1. The SMILES string of the molecule is CCCCCCC(N)=O.Cl.Cl. The zero-order chi connectivity index (χ0) is 7.11. The number of hydrogen-bond donors (Lipinski definition) is 1. The second-order valence-electron chi connectivity index (χ2n) is 2.28. The van der Waals surface area contributed by atoms with Crippen LogP contribution in [0.2, 0.25) is 0 Å². The Labute approximate surface area is 80.7 Å². The Morgan fingerprint density at radius 2 is 1.73 bits per heavy atom. The van der Waals surface area contributed by atoms with E-state index in [1.165, 1.54) is 12.8 Å². The Balaban J connectivity index is -0.000000320. The van der Waals surface area contributed by atoms with Crippen molar-refractivity contribution in [3.8, 4) is 0 Å². The molecule has 0 spiro atoms. The van der Waals surface area contributed by atoms with E-state index in [9.17, 15) is 4.79 Å². The highest BCUT2D eigenvalue weighted by atomic mass is 35.5. The quantitative estimate of drug-likeness (QED) is 0.683. The van der Waals surface area contributed by atoms with Gasteiger partial charge in [-0.2, -0.15) is 0 Å². The van der Waals surface area contributed by atoms with Crippen LogP contribution in [0.1, 0.15) is 39.0 Å². The molecule has 11 heavy (non-hydrogen) atoms. The van der Waals surface area contributed by atoms with E-state index in [4.69, 9.17) is 5.73 Å². The molecule has 0 aliphatic heterocycles. The van der Waals surface area contributed by atoms with Gasteiger partial charge in [-0.15, -0.1) is 24.8 Å². The van der Waals surface area contributed by atoms with E-state index in [1.807, 2.05) is 0 Å². The highest BCUT2D eigenvalue weighted by Crippen LogP contribution is 2.00. The molecule has 0 bridgehead atoms. The fourth-order valence-electron chi connectivity index (χ4n) is 0.726. The van der Waals surface area contributed by atoms with Crippen molar-refractivity contribution in [3.05, 3.63) is 0 Å². The molecule has 0 aliphatic rings. The molecule has 0 aromatic heterocycles. The minimum atomic E-state index is -0.175. The molecule has 0 atom stereocenters. The third-order valence-electron chi connectivity index (χ3n) is 1.28. The summed E-state index contributed by atoms with van der Waals surface area (Å²) in [5, 5.41) is 0. The monoisotopic (exact) mass is 201 g/mol. The van der Waals surface area contributed by atoms with Gasteiger partial charge in [0.15, 0.2) is 0 Å². The maximum Gasteiger partial charge on any atom is 0.217 e. The van der Waals surface area contributed by atoms with E-state index in [0.717, 1.165) is 12.8 Å². The van der Waals surface area contributed by atoms with Crippen molar-refractivity contribution in [3.63, 3.8) is 0 Å². The minimum Gasteiger partial charge on any atom is -0.370 e. The summed E-state index contributed by atoms with van der Waals surface area (Å²) in [5.74, 6) is -0.175. The molecule has 70 valence electrons. The van der Waals surface area contributed by atoms with Crippen molar-refractivity contribution >= 4 is 30.7 Å². The summed E-state index contributed by atoms with van der Waals surface area (Å²) in [5.41, 5.74) is 4.94. The normalized spacial score (nSPS) is 7.73. The minimum absolute atomic E-state index is 0. The number of unbranched alkanes of at least 4 members (excludes halogenated alkanes) is 3. The van der Waals surface area contributed by atoms with Crippen molar-refractivity contribution < 1.29 is 4.79 Å². The molecule has 0 heterocycles. The van der Waals surface area contributed by atoms with E-state index in [0.29, 0.717) is 6.42 Å². The van der Waals surface area contributed by atoms with Crippen molar-refractivity contribution in [2.75, 3.05) is 0 Å². The molecule has 0 aromatic carbocycles. The molecule has 1 amide bonds. The summed E-state index contributed by atoms with van der Waals surface area (Å²) < 4.78 is 0. The Hall–Kier alpha value is 0.0500. The Morgan fingerprint density at radius 3 is 2.09 bits per heavy atom. The Morgan fingerprint density at radius 1 is 1.18 bits per heavy atom. The van der Waals surface area contributed by atoms with Crippen LogP contribution in [0.4, 0.5) is 0 Å². The molecule has 0 radical (unpaired) electrons. The summed E-state index contributed by atoms with van der Waals surface area (Å²) in [6, 6.07) is 0. The van der Waals surface area contributed by atoms with Crippen LogP contribution in [0, 0.1) is 0 Å². The lowest BCUT2D eigenvalue weighted by molar-refractivity contribution is -0.118. The second kappa shape index (κ2) is 12.7. The van der Waals surface area contributed by atoms with Crippen LogP contribution in [-0.2, 0) is 4.79 Å². The first-order valence-corrected chi connectivity index (χ1v) is 3.55. The predicted octanol–water partition coefficient (Wildman–Crippen LogP) is 2.29. The Bertz CT molecular complexity index is 88.5. The first-order chi connectivity index (χ1) is 4.27. The predicted molar refractivity (Wildman–Crippen MR) is 52.4 cm³/mol. The highest BCUT2D eigenvalue weighted by Gasteiger charge is 1.91. The van der Waals surface area contributed by atoms with Gasteiger partial charge in [-0.1, -0.05) is 26.2 Å². The van der Waals surface area contributed by atoms with E-state index in [2.05, 4.69) is 6.92 Å².